The van der Waals surface area contributed by atoms with Gasteiger partial charge in [-0.1, -0.05) is 39.9 Å². The Morgan fingerprint density at radius 1 is 1.36 bits per heavy atom. The molecule has 0 spiro atoms. The molecule has 0 unspecified atom stereocenters. The van der Waals surface area contributed by atoms with E-state index in [-0.39, 0.29) is 5.91 Å². The Morgan fingerprint density at radius 3 is 2.91 bits per heavy atom. The average molecular weight is 412 g/mol. The zero-order valence-corrected chi connectivity index (χ0v) is 15.2. The highest BCUT2D eigenvalue weighted by Crippen LogP contribution is 2.31. The van der Waals surface area contributed by atoms with Gasteiger partial charge in [-0.25, -0.2) is 0 Å². The molecule has 22 heavy (non-hydrogen) atoms. The van der Waals surface area contributed by atoms with Gasteiger partial charge in [0.05, 0.1) is 4.91 Å². The van der Waals surface area contributed by atoms with E-state index in [0.717, 1.165) is 21.3 Å². The van der Waals surface area contributed by atoms with Crippen molar-refractivity contribution >= 4 is 67.6 Å². The van der Waals surface area contributed by atoms with Crippen LogP contribution in [0.4, 0.5) is 0 Å². The lowest BCUT2D eigenvalue weighted by Crippen LogP contribution is -2.17. The van der Waals surface area contributed by atoms with Crippen LogP contribution in [0.1, 0.15) is 11.1 Å². The van der Waals surface area contributed by atoms with E-state index in [1.54, 1.807) is 17.4 Å². The van der Waals surface area contributed by atoms with E-state index >= 15 is 0 Å². The lowest BCUT2D eigenvalue weighted by atomic mass is 10.2. The minimum atomic E-state index is -0.168. The molecule has 2 heterocycles. The monoisotopic (exact) mass is 411 g/mol. The molecule has 1 aromatic heterocycles. The summed E-state index contributed by atoms with van der Waals surface area (Å²) < 4.78 is 7.28. The van der Waals surface area contributed by atoms with Gasteiger partial charge in [0.25, 0.3) is 5.91 Å². The zero-order valence-electron chi connectivity index (χ0n) is 11.2. The van der Waals surface area contributed by atoms with Gasteiger partial charge in [-0.3, -0.25) is 4.79 Å². The number of rotatable bonds is 4. The molecule has 0 saturated carbocycles. The largest absolute Gasteiger partial charge is 0.488 e. The number of hydrogen-bond acceptors (Lipinski definition) is 5. The number of benzene rings is 1. The van der Waals surface area contributed by atoms with Crippen LogP contribution in [0.3, 0.4) is 0 Å². The molecule has 1 N–H and O–H groups in total. The number of hydrogen-bond donors (Lipinski definition) is 1. The summed E-state index contributed by atoms with van der Waals surface area (Å²) in [7, 11) is 0. The van der Waals surface area contributed by atoms with Gasteiger partial charge < -0.3 is 10.1 Å². The van der Waals surface area contributed by atoms with Crippen LogP contribution in [0, 0.1) is 0 Å². The van der Waals surface area contributed by atoms with Crippen molar-refractivity contribution in [1.29, 1.82) is 0 Å². The molecule has 1 aliphatic heterocycles. The van der Waals surface area contributed by atoms with Gasteiger partial charge >= 0.3 is 0 Å². The van der Waals surface area contributed by atoms with E-state index in [1.807, 2.05) is 29.6 Å². The van der Waals surface area contributed by atoms with E-state index in [0.29, 0.717) is 15.8 Å². The molecular weight excluding hydrogens is 402 g/mol. The number of amides is 1. The summed E-state index contributed by atoms with van der Waals surface area (Å²) in [5.41, 5.74) is 1.97. The van der Waals surface area contributed by atoms with Crippen LogP contribution in [-0.2, 0) is 11.4 Å². The number of thiophene rings is 1. The van der Waals surface area contributed by atoms with E-state index in [9.17, 15) is 4.79 Å². The first kappa shape index (κ1) is 15.7. The third-order valence-electron chi connectivity index (χ3n) is 2.87. The Balaban J connectivity index is 1.86. The number of thioether (sulfide) groups is 1. The topological polar surface area (TPSA) is 38.3 Å². The summed E-state index contributed by atoms with van der Waals surface area (Å²) in [5, 5.41) is 6.68. The van der Waals surface area contributed by atoms with E-state index < -0.39 is 0 Å². The van der Waals surface area contributed by atoms with Crippen molar-refractivity contribution in [3.8, 4) is 5.75 Å². The first-order valence-electron chi connectivity index (χ1n) is 6.30. The second-order valence-electron chi connectivity index (χ2n) is 4.45. The van der Waals surface area contributed by atoms with Crippen molar-refractivity contribution in [3.05, 3.63) is 55.5 Å². The SMILES string of the molecule is O=C1NC(=S)S/C1=C/c1cc(Br)ccc1OCc1ccsc1. The van der Waals surface area contributed by atoms with Crippen molar-refractivity contribution in [1.82, 2.24) is 5.32 Å². The van der Waals surface area contributed by atoms with Crippen molar-refractivity contribution < 1.29 is 9.53 Å². The lowest BCUT2D eigenvalue weighted by Gasteiger charge is -2.09. The summed E-state index contributed by atoms with van der Waals surface area (Å²) in [6.45, 7) is 0.499. The van der Waals surface area contributed by atoms with Crippen LogP contribution in [0.25, 0.3) is 6.08 Å². The number of ether oxygens (including phenoxy) is 1. The van der Waals surface area contributed by atoms with Crippen molar-refractivity contribution in [2.45, 2.75) is 6.61 Å². The van der Waals surface area contributed by atoms with E-state index in [4.69, 9.17) is 17.0 Å². The number of carbonyl (C=O) groups is 1. The number of thiocarbonyl (C=S) groups is 1. The molecule has 112 valence electrons. The van der Waals surface area contributed by atoms with Crippen LogP contribution in [0.15, 0.2) is 44.4 Å². The molecule has 0 aliphatic carbocycles. The third kappa shape index (κ3) is 3.78. The molecule has 0 radical (unpaired) electrons. The summed E-state index contributed by atoms with van der Waals surface area (Å²) >= 11 is 11.3. The fourth-order valence-electron chi connectivity index (χ4n) is 1.86. The zero-order chi connectivity index (χ0) is 15.5. The lowest BCUT2D eigenvalue weighted by molar-refractivity contribution is -0.115. The maximum atomic E-state index is 11.8. The molecular formula is C15H10BrNO2S3. The second-order valence-corrected chi connectivity index (χ2v) is 7.87. The summed E-state index contributed by atoms with van der Waals surface area (Å²) in [6.07, 6.45) is 1.80. The molecule has 7 heteroatoms. The maximum Gasteiger partial charge on any atom is 0.263 e. The summed E-state index contributed by atoms with van der Waals surface area (Å²) in [5.74, 6) is 0.562. The van der Waals surface area contributed by atoms with Gasteiger partial charge in [-0.05, 0) is 46.7 Å². The molecule has 1 fully saturated rings. The predicted molar refractivity (Wildman–Crippen MR) is 99.1 cm³/mol. The third-order valence-corrected chi connectivity index (χ3v) is 5.26. The Bertz CT molecular complexity index is 756. The Labute approximate surface area is 149 Å². The molecule has 1 amide bonds. The number of carbonyl (C=O) groups excluding carboxylic acids is 1. The Morgan fingerprint density at radius 2 is 2.23 bits per heavy atom. The van der Waals surface area contributed by atoms with Gasteiger partial charge in [0.2, 0.25) is 0 Å². The van der Waals surface area contributed by atoms with Crippen LogP contribution in [-0.4, -0.2) is 10.2 Å². The number of halogens is 1. The molecule has 3 nitrogen and oxygen atoms in total. The highest BCUT2D eigenvalue weighted by atomic mass is 79.9. The average Bonchev–Trinajstić information content (AvgIpc) is 3.08. The van der Waals surface area contributed by atoms with Gasteiger partial charge in [-0.2, -0.15) is 11.3 Å². The minimum absolute atomic E-state index is 0.168. The Hall–Kier alpha value is -1.15. The van der Waals surface area contributed by atoms with Crippen LogP contribution in [0.2, 0.25) is 0 Å². The maximum absolute atomic E-state index is 11.8. The summed E-state index contributed by atoms with van der Waals surface area (Å²) in [6, 6.07) is 7.75. The molecule has 1 saturated heterocycles. The fourth-order valence-corrected chi connectivity index (χ4v) is 3.93. The molecule has 0 atom stereocenters. The van der Waals surface area contributed by atoms with Gasteiger partial charge in [0, 0.05) is 10.0 Å². The van der Waals surface area contributed by atoms with Crippen molar-refractivity contribution in [3.63, 3.8) is 0 Å². The van der Waals surface area contributed by atoms with Gasteiger partial charge in [0.1, 0.15) is 16.7 Å². The molecule has 1 aromatic carbocycles. The highest BCUT2D eigenvalue weighted by molar-refractivity contribution is 9.10. The summed E-state index contributed by atoms with van der Waals surface area (Å²) in [4.78, 5) is 12.4. The molecule has 2 aromatic rings. The van der Waals surface area contributed by atoms with E-state index in [2.05, 4.69) is 26.6 Å². The number of nitrogens with one attached hydrogen (secondary N) is 1. The molecule has 0 bridgehead atoms. The van der Waals surface area contributed by atoms with Gasteiger partial charge in [0.15, 0.2) is 0 Å². The normalized spacial score (nSPS) is 16.1. The first-order valence-corrected chi connectivity index (χ1v) is 9.26. The predicted octanol–water partition coefficient (Wildman–Crippen LogP) is 4.58. The van der Waals surface area contributed by atoms with Crippen LogP contribution < -0.4 is 10.1 Å². The van der Waals surface area contributed by atoms with Crippen LogP contribution >= 0.6 is 51.2 Å². The van der Waals surface area contributed by atoms with Crippen molar-refractivity contribution in [2.24, 2.45) is 0 Å². The highest BCUT2D eigenvalue weighted by Gasteiger charge is 2.22. The Kier molecular flexibility index (Phi) is 4.97. The van der Waals surface area contributed by atoms with Gasteiger partial charge in [-0.15, -0.1) is 0 Å². The van der Waals surface area contributed by atoms with Crippen molar-refractivity contribution in [2.75, 3.05) is 0 Å². The van der Waals surface area contributed by atoms with E-state index in [1.165, 1.54) is 11.8 Å². The minimum Gasteiger partial charge on any atom is -0.488 e. The quantitative estimate of drug-likeness (QED) is 0.590. The second kappa shape index (κ2) is 6.95. The standard InChI is InChI=1S/C15H10BrNO2S3/c16-11-1-2-12(19-7-9-3-4-21-8-9)10(5-11)6-13-14(18)17-15(20)22-13/h1-6,8H,7H2,(H,17,18,20)/b13-6+. The van der Waals surface area contributed by atoms with Crippen LogP contribution in [0.5, 0.6) is 5.75 Å². The first-order chi connectivity index (χ1) is 10.6. The fraction of sp³-hybridized carbons (Fsp3) is 0.0667. The molecule has 1 aliphatic rings. The molecule has 3 rings (SSSR count). The smallest absolute Gasteiger partial charge is 0.263 e.